The van der Waals surface area contributed by atoms with Crippen LogP contribution in [0.15, 0.2) is 18.2 Å². The Bertz CT molecular complexity index is 453. The van der Waals surface area contributed by atoms with Crippen LogP contribution in [0.5, 0.6) is 5.88 Å². The summed E-state index contributed by atoms with van der Waals surface area (Å²) in [7, 11) is 3.28. The quantitative estimate of drug-likeness (QED) is 0.748. The molecule has 80 valence electrons. The number of fused-ring (bicyclic) bond motifs is 1. The molecule has 2 heterocycles. The van der Waals surface area contributed by atoms with Crippen LogP contribution in [0.1, 0.15) is 5.82 Å². The standard InChI is InChI=1S/C10H13N3O2/c1-14-7-6-8-11-9-4-3-5-10(15-2)13(9)12-8/h3-5H,6-7H2,1-2H3. The summed E-state index contributed by atoms with van der Waals surface area (Å²) in [4.78, 5) is 4.35. The van der Waals surface area contributed by atoms with Crippen LogP contribution in [0.25, 0.3) is 5.65 Å². The maximum absolute atomic E-state index is 5.17. The summed E-state index contributed by atoms with van der Waals surface area (Å²) in [6, 6.07) is 5.64. The van der Waals surface area contributed by atoms with Gasteiger partial charge < -0.3 is 9.47 Å². The van der Waals surface area contributed by atoms with Crippen LogP contribution < -0.4 is 4.74 Å². The largest absolute Gasteiger partial charge is 0.481 e. The van der Waals surface area contributed by atoms with Crippen LogP contribution in [0.2, 0.25) is 0 Å². The van der Waals surface area contributed by atoms with Crippen molar-refractivity contribution in [1.82, 2.24) is 14.6 Å². The Morgan fingerprint density at radius 2 is 2.20 bits per heavy atom. The van der Waals surface area contributed by atoms with E-state index in [0.717, 1.165) is 11.5 Å². The van der Waals surface area contributed by atoms with Gasteiger partial charge >= 0.3 is 0 Å². The topological polar surface area (TPSA) is 48.7 Å². The number of methoxy groups -OCH3 is 2. The Morgan fingerprint density at radius 1 is 1.33 bits per heavy atom. The normalized spacial score (nSPS) is 10.8. The third-order valence-corrected chi connectivity index (χ3v) is 2.11. The zero-order chi connectivity index (χ0) is 10.7. The van der Waals surface area contributed by atoms with Crippen molar-refractivity contribution in [3.05, 3.63) is 24.0 Å². The highest BCUT2D eigenvalue weighted by molar-refractivity contribution is 5.40. The molecule has 0 N–H and O–H groups in total. The molecule has 2 aromatic rings. The molecule has 0 aromatic carbocycles. The van der Waals surface area contributed by atoms with Gasteiger partial charge in [0.25, 0.3) is 0 Å². The fourth-order valence-electron chi connectivity index (χ4n) is 1.38. The lowest BCUT2D eigenvalue weighted by atomic mass is 10.4. The van der Waals surface area contributed by atoms with Crippen molar-refractivity contribution in [3.8, 4) is 5.88 Å². The molecule has 0 atom stereocenters. The molecule has 2 aromatic heterocycles. The summed E-state index contributed by atoms with van der Waals surface area (Å²) in [5.74, 6) is 1.45. The highest BCUT2D eigenvalue weighted by Crippen LogP contribution is 2.12. The zero-order valence-electron chi connectivity index (χ0n) is 8.80. The molecule has 15 heavy (non-hydrogen) atoms. The van der Waals surface area contributed by atoms with Crippen molar-refractivity contribution in [1.29, 1.82) is 0 Å². The number of hydrogen-bond acceptors (Lipinski definition) is 4. The third kappa shape index (κ3) is 1.92. The average Bonchev–Trinajstić information content (AvgIpc) is 2.68. The van der Waals surface area contributed by atoms with E-state index in [9.17, 15) is 0 Å². The van der Waals surface area contributed by atoms with Gasteiger partial charge in [-0.05, 0) is 6.07 Å². The van der Waals surface area contributed by atoms with Crippen molar-refractivity contribution in [2.75, 3.05) is 20.8 Å². The first-order valence-corrected chi connectivity index (χ1v) is 4.72. The average molecular weight is 207 g/mol. The molecule has 0 aliphatic carbocycles. The predicted molar refractivity (Wildman–Crippen MR) is 55.1 cm³/mol. The smallest absolute Gasteiger partial charge is 0.216 e. The summed E-state index contributed by atoms with van der Waals surface area (Å²) < 4.78 is 11.8. The van der Waals surface area contributed by atoms with Crippen molar-refractivity contribution in [2.24, 2.45) is 0 Å². The Labute approximate surface area is 87.6 Å². The lowest BCUT2D eigenvalue weighted by molar-refractivity contribution is 0.200. The molecule has 0 spiro atoms. The molecule has 5 nitrogen and oxygen atoms in total. The molecule has 0 saturated carbocycles. The van der Waals surface area contributed by atoms with Gasteiger partial charge in [-0.2, -0.15) is 4.52 Å². The van der Waals surface area contributed by atoms with Crippen molar-refractivity contribution >= 4 is 5.65 Å². The molecule has 0 fully saturated rings. The Kier molecular flexibility index (Phi) is 2.82. The van der Waals surface area contributed by atoms with E-state index in [4.69, 9.17) is 9.47 Å². The Hall–Kier alpha value is -1.62. The summed E-state index contributed by atoms with van der Waals surface area (Å²) >= 11 is 0. The minimum Gasteiger partial charge on any atom is -0.481 e. The van der Waals surface area contributed by atoms with Gasteiger partial charge in [0.15, 0.2) is 11.5 Å². The van der Waals surface area contributed by atoms with Gasteiger partial charge in [-0.15, -0.1) is 5.10 Å². The minimum atomic E-state index is 0.624. The first kappa shape index (κ1) is 9.92. The van der Waals surface area contributed by atoms with Gasteiger partial charge in [0.2, 0.25) is 5.88 Å². The third-order valence-electron chi connectivity index (χ3n) is 2.11. The number of rotatable bonds is 4. The molecule has 0 saturated heterocycles. The van der Waals surface area contributed by atoms with Gasteiger partial charge in [-0.25, -0.2) is 4.98 Å². The van der Waals surface area contributed by atoms with Gasteiger partial charge in [0, 0.05) is 19.6 Å². The van der Waals surface area contributed by atoms with E-state index in [-0.39, 0.29) is 0 Å². The SMILES string of the molecule is COCCc1nc2cccc(OC)n2n1. The molecule has 0 unspecified atom stereocenters. The van der Waals surface area contributed by atoms with Gasteiger partial charge in [0.05, 0.1) is 13.7 Å². The summed E-state index contributed by atoms with van der Waals surface area (Å²) in [6.07, 6.45) is 0.710. The van der Waals surface area contributed by atoms with Gasteiger partial charge in [0.1, 0.15) is 0 Å². The molecule has 2 rings (SSSR count). The molecular formula is C10H13N3O2. The lowest BCUT2D eigenvalue weighted by Gasteiger charge is -1.99. The van der Waals surface area contributed by atoms with E-state index in [2.05, 4.69) is 10.1 Å². The lowest BCUT2D eigenvalue weighted by Crippen LogP contribution is -1.98. The van der Waals surface area contributed by atoms with Crippen LogP contribution in [-0.4, -0.2) is 35.4 Å². The highest BCUT2D eigenvalue weighted by Gasteiger charge is 2.06. The van der Waals surface area contributed by atoms with Crippen LogP contribution in [0.4, 0.5) is 0 Å². The van der Waals surface area contributed by atoms with E-state index < -0.39 is 0 Å². The molecular weight excluding hydrogens is 194 g/mol. The number of ether oxygens (including phenoxy) is 2. The van der Waals surface area contributed by atoms with Crippen molar-refractivity contribution in [3.63, 3.8) is 0 Å². The number of nitrogens with zero attached hydrogens (tertiary/aromatic N) is 3. The molecule has 5 heteroatoms. The van der Waals surface area contributed by atoms with E-state index in [1.165, 1.54) is 0 Å². The number of pyridine rings is 1. The van der Waals surface area contributed by atoms with Crippen LogP contribution in [0, 0.1) is 0 Å². The van der Waals surface area contributed by atoms with Gasteiger partial charge in [-0.3, -0.25) is 0 Å². The number of aromatic nitrogens is 3. The number of hydrogen-bond donors (Lipinski definition) is 0. The van der Waals surface area contributed by atoms with Crippen LogP contribution in [0.3, 0.4) is 0 Å². The maximum atomic E-state index is 5.17. The summed E-state index contributed by atoms with van der Waals surface area (Å²) in [5.41, 5.74) is 0.792. The van der Waals surface area contributed by atoms with E-state index in [1.807, 2.05) is 18.2 Å². The Balaban J connectivity index is 2.37. The predicted octanol–water partition coefficient (Wildman–Crippen LogP) is 0.927. The van der Waals surface area contributed by atoms with E-state index in [1.54, 1.807) is 18.7 Å². The molecule has 0 bridgehead atoms. The molecule has 0 amide bonds. The fourth-order valence-corrected chi connectivity index (χ4v) is 1.38. The van der Waals surface area contributed by atoms with Crippen LogP contribution in [-0.2, 0) is 11.2 Å². The zero-order valence-corrected chi connectivity index (χ0v) is 8.80. The monoisotopic (exact) mass is 207 g/mol. The first-order valence-electron chi connectivity index (χ1n) is 4.72. The Morgan fingerprint density at radius 3 is 2.93 bits per heavy atom. The fraction of sp³-hybridized carbons (Fsp3) is 0.400. The van der Waals surface area contributed by atoms with E-state index >= 15 is 0 Å². The maximum Gasteiger partial charge on any atom is 0.216 e. The second-order valence-corrected chi connectivity index (χ2v) is 3.11. The first-order chi connectivity index (χ1) is 7.35. The second kappa shape index (κ2) is 4.27. The van der Waals surface area contributed by atoms with Crippen molar-refractivity contribution < 1.29 is 9.47 Å². The summed E-state index contributed by atoms with van der Waals surface area (Å²) in [5, 5.41) is 4.32. The summed E-state index contributed by atoms with van der Waals surface area (Å²) in [6.45, 7) is 0.624. The van der Waals surface area contributed by atoms with Crippen LogP contribution >= 0.6 is 0 Å². The second-order valence-electron chi connectivity index (χ2n) is 3.11. The molecule has 0 radical (unpaired) electrons. The van der Waals surface area contributed by atoms with Gasteiger partial charge in [-0.1, -0.05) is 6.07 Å². The van der Waals surface area contributed by atoms with Crippen molar-refractivity contribution in [2.45, 2.75) is 6.42 Å². The van der Waals surface area contributed by atoms with E-state index in [0.29, 0.717) is 18.9 Å². The molecule has 0 aliphatic heterocycles. The molecule has 0 aliphatic rings. The highest BCUT2D eigenvalue weighted by atomic mass is 16.5. The minimum absolute atomic E-state index is 0.624.